The van der Waals surface area contributed by atoms with Crippen LogP contribution >= 0.6 is 22.9 Å². The molecule has 0 bridgehead atoms. The third kappa shape index (κ3) is 4.76. The number of fused-ring (bicyclic) bond motifs is 5. The Balaban J connectivity index is 1.27. The number of hydrogen-bond donors (Lipinski definition) is 3. The fourth-order valence-electron chi connectivity index (χ4n) is 4.46. The van der Waals surface area contributed by atoms with E-state index in [2.05, 4.69) is 25.4 Å². The first-order chi connectivity index (χ1) is 18.1. The molecule has 0 spiro atoms. The first-order valence-electron chi connectivity index (χ1n) is 11.8. The van der Waals surface area contributed by atoms with E-state index in [-0.39, 0.29) is 13.2 Å². The molecule has 0 saturated carbocycles. The number of halogens is 1. The van der Waals surface area contributed by atoms with Crippen molar-refractivity contribution in [3.63, 3.8) is 0 Å². The molecule has 1 atom stereocenters. The van der Waals surface area contributed by atoms with Crippen LogP contribution in [-0.4, -0.2) is 47.7 Å². The molecule has 5 aromatic rings. The van der Waals surface area contributed by atoms with Crippen molar-refractivity contribution >= 4 is 44.7 Å². The second-order valence-corrected chi connectivity index (χ2v) is 10.1. The molecule has 1 aromatic carbocycles. The molecule has 9 nitrogen and oxygen atoms in total. The van der Waals surface area contributed by atoms with Gasteiger partial charge in [-0.1, -0.05) is 17.7 Å². The molecular weight excluding hydrogens is 512 g/mol. The summed E-state index contributed by atoms with van der Waals surface area (Å²) in [6.07, 6.45) is 5.97. The normalized spacial score (nSPS) is 13.3. The first-order valence-corrected chi connectivity index (χ1v) is 13.0. The Labute approximate surface area is 221 Å². The maximum atomic E-state index is 9.82. The topological polar surface area (TPSA) is 118 Å². The van der Waals surface area contributed by atoms with Crippen molar-refractivity contribution in [3.8, 4) is 16.2 Å². The van der Waals surface area contributed by atoms with Crippen LogP contribution in [0, 0.1) is 0 Å². The van der Waals surface area contributed by atoms with Gasteiger partial charge in [-0.15, -0.1) is 11.3 Å². The summed E-state index contributed by atoms with van der Waals surface area (Å²) in [5.74, 6) is 1.29. The lowest BCUT2D eigenvalue weighted by molar-refractivity contribution is 0.0782. The summed E-state index contributed by atoms with van der Waals surface area (Å²) in [5, 5.41) is 28.5. The van der Waals surface area contributed by atoms with Crippen molar-refractivity contribution in [1.29, 1.82) is 0 Å². The highest BCUT2D eigenvalue weighted by molar-refractivity contribution is 7.22. The minimum absolute atomic E-state index is 0.249. The van der Waals surface area contributed by atoms with E-state index >= 15 is 0 Å². The van der Waals surface area contributed by atoms with E-state index in [4.69, 9.17) is 16.3 Å². The van der Waals surface area contributed by atoms with Crippen molar-refractivity contribution in [1.82, 2.24) is 24.7 Å². The molecule has 37 heavy (non-hydrogen) atoms. The summed E-state index contributed by atoms with van der Waals surface area (Å²) < 4.78 is 7.55. The van der Waals surface area contributed by atoms with Gasteiger partial charge in [0.15, 0.2) is 0 Å². The summed E-state index contributed by atoms with van der Waals surface area (Å²) in [6.45, 7) is 0.280. The van der Waals surface area contributed by atoms with Crippen molar-refractivity contribution in [2.45, 2.75) is 32.1 Å². The van der Waals surface area contributed by atoms with Gasteiger partial charge in [-0.2, -0.15) is 5.10 Å². The Morgan fingerprint density at radius 1 is 1.16 bits per heavy atom. The zero-order valence-electron chi connectivity index (χ0n) is 19.6. The number of rotatable bonds is 8. The largest absolute Gasteiger partial charge is 0.486 e. The number of hydrogen-bond acceptors (Lipinski definition) is 9. The van der Waals surface area contributed by atoms with E-state index in [1.807, 2.05) is 42.6 Å². The molecule has 11 heteroatoms. The Morgan fingerprint density at radius 2 is 2.08 bits per heavy atom. The molecule has 0 unspecified atom stereocenters. The number of aromatic nitrogens is 5. The van der Waals surface area contributed by atoms with Crippen LogP contribution in [0.4, 0.5) is 11.5 Å². The highest BCUT2D eigenvalue weighted by Gasteiger charge is 2.26. The van der Waals surface area contributed by atoms with E-state index in [1.165, 1.54) is 5.56 Å². The summed E-state index contributed by atoms with van der Waals surface area (Å²) in [4.78, 5) is 15.3. The zero-order valence-corrected chi connectivity index (χ0v) is 21.2. The number of pyridine rings is 1. The average Bonchev–Trinajstić information content (AvgIpc) is 3.50. The van der Waals surface area contributed by atoms with Crippen LogP contribution in [0.3, 0.4) is 0 Å². The minimum Gasteiger partial charge on any atom is -0.486 e. The molecule has 3 N–H and O–H groups in total. The van der Waals surface area contributed by atoms with Crippen molar-refractivity contribution in [3.05, 3.63) is 77.1 Å². The Hall–Kier alpha value is -3.57. The third-order valence-electron chi connectivity index (χ3n) is 6.19. The number of aliphatic hydroxyl groups excluding tert-OH is 2. The van der Waals surface area contributed by atoms with E-state index in [0.29, 0.717) is 23.2 Å². The molecule has 0 fully saturated rings. The number of anilines is 2. The highest BCUT2D eigenvalue weighted by Crippen LogP contribution is 2.45. The number of nitrogens with zero attached hydrogens (tertiary/aromatic N) is 5. The lowest BCUT2D eigenvalue weighted by Gasteiger charge is -2.13. The van der Waals surface area contributed by atoms with E-state index in [0.717, 1.165) is 50.6 Å². The van der Waals surface area contributed by atoms with Crippen LogP contribution in [-0.2, 0) is 26.0 Å². The Kier molecular flexibility index (Phi) is 6.47. The van der Waals surface area contributed by atoms with Gasteiger partial charge in [0.05, 0.1) is 41.1 Å². The molecule has 0 amide bonds. The van der Waals surface area contributed by atoms with Gasteiger partial charge in [-0.25, -0.2) is 9.97 Å². The molecular formula is C26H23ClN6O3S. The third-order valence-corrected chi connectivity index (χ3v) is 7.66. The minimum atomic E-state index is -0.844. The van der Waals surface area contributed by atoms with E-state index < -0.39 is 6.10 Å². The average molecular weight is 535 g/mol. The van der Waals surface area contributed by atoms with Gasteiger partial charge in [0.25, 0.3) is 0 Å². The Morgan fingerprint density at radius 3 is 2.89 bits per heavy atom. The summed E-state index contributed by atoms with van der Waals surface area (Å²) in [7, 11) is 0. The van der Waals surface area contributed by atoms with Crippen molar-refractivity contribution < 1.29 is 14.9 Å². The number of aliphatic hydroxyl groups is 2. The predicted molar refractivity (Wildman–Crippen MR) is 142 cm³/mol. The monoisotopic (exact) mass is 534 g/mol. The van der Waals surface area contributed by atoms with E-state index in [1.54, 1.807) is 28.5 Å². The van der Waals surface area contributed by atoms with E-state index in [9.17, 15) is 10.2 Å². The maximum Gasteiger partial charge on any atom is 0.142 e. The molecule has 6 rings (SSSR count). The number of ether oxygens (including phenoxy) is 1. The van der Waals surface area contributed by atoms with Crippen molar-refractivity contribution in [2.75, 3.05) is 11.9 Å². The molecule has 1 aliphatic rings. The Bertz CT molecular complexity index is 1570. The second kappa shape index (κ2) is 10.1. The molecule has 188 valence electrons. The predicted octanol–water partition coefficient (Wildman–Crippen LogP) is 4.38. The van der Waals surface area contributed by atoms with Crippen LogP contribution in [0.15, 0.2) is 55.1 Å². The number of benzene rings is 1. The molecule has 4 aromatic heterocycles. The van der Waals surface area contributed by atoms with Crippen LogP contribution in [0.2, 0.25) is 5.02 Å². The van der Waals surface area contributed by atoms with Gasteiger partial charge in [-0.3, -0.25) is 9.67 Å². The van der Waals surface area contributed by atoms with Crippen LogP contribution < -0.4 is 10.1 Å². The fourth-order valence-corrected chi connectivity index (χ4v) is 5.91. The second-order valence-electron chi connectivity index (χ2n) is 8.74. The smallest absolute Gasteiger partial charge is 0.142 e. The maximum absolute atomic E-state index is 9.82. The lowest BCUT2D eigenvalue weighted by Crippen LogP contribution is -2.20. The van der Waals surface area contributed by atoms with Crippen LogP contribution in [0.1, 0.15) is 17.0 Å². The van der Waals surface area contributed by atoms with Gasteiger partial charge in [0.1, 0.15) is 29.3 Å². The van der Waals surface area contributed by atoms with Gasteiger partial charge in [-0.05, 0) is 48.7 Å². The molecule has 1 aliphatic carbocycles. The van der Waals surface area contributed by atoms with Crippen LogP contribution in [0.25, 0.3) is 20.7 Å². The number of aryl methyl sites for hydroxylation is 2. The molecule has 0 saturated heterocycles. The number of nitrogens with one attached hydrogen (secondary N) is 1. The van der Waals surface area contributed by atoms with Crippen LogP contribution in [0.5, 0.6) is 5.75 Å². The number of thiophene rings is 1. The zero-order chi connectivity index (χ0) is 25.4. The quantitative estimate of drug-likeness (QED) is 0.268. The van der Waals surface area contributed by atoms with Crippen molar-refractivity contribution in [2.24, 2.45) is 0 Å². The SMILES string of the molecule is OC[C@H](O)Cn1cc2c(n1)CCc1c-2sc2ncnc(Nc3ccc(OCc4ccccn4)c(Cl)c3)c12. The standard InChI is InChI=1S/C26H23ClN6O3S/c27-20-9-15(4-7-22(20)36-13-16-3-1-2-8-28-16)31-25-23-18-5-6-21-19(11-33(32-21)10-17(35)12-34)24(18)37-26(23)30-14-29-25/h1-4,7-9,11,14,17,34-35H,5-6,10,12-13H2,(H,29,30,31)/t17-/m1/s1. The summed E-state index contributed by atoms with van der Waals surface area (Å²) >= 11 is 8.13. The molecule has 4 heterocycles. The molecule has 0 radical (unpaired) electrons. The summed E-state index contributed by atoms with van der Waals surface area (Å²) in [6, 6.07) is 11.2. The molecule has 0 aliphatic heterocycles. The first kappa shape index (κ1) is 23.8. The van der Waals surface area contributed by atoms with Gasteiger partial charge < -0.3 is 20.3 Å². The summed E-state index contributed by atoms with van der Waals surface area (Å²) in [5.41, 5.74) is 4.82. The lowest BCUT2D eigenvalue weighted by atomic mass is 9.95. The van der Waals surface area contributed by atoms with Gasteiger partial charge in [0.2, 0.25) is 0 Å². The van der Waals surface area contributed by atoms with Gasteiger partial charge in [0, 0.05) is 28.5 Å². The fraction of sp³-hybridized carbons (Fsp3) is 0.231. The highest BCUT2D eigenvalue weighted by atomic mass is 35.5. The van der Waals surface area contributed by atoms with Gasteiger partial charge >= 0.3 is 0 Å².